The Labute approximate surface area is 145 Å². The van der Waals surface area contributed by atoms with Crippen LogP contribution in [0.4, 0.5) is 0 Å². The van der Waals surface area contributed by atoms with E-state index < -0.39 is 6.10 Å². The summed E-state index contributed by atoms with van der Waals surface area (Å²) in [6.07, 6.45) is 2.38. The third-order valence-corrected chi connectivity index (χ3v) is 3.44. The van der Waals surface area contributed by atoms with E-state index in [1.165, 1.54) is 12.7 Å². The quantitative estimate of drug-likeness (QED) is 0.619. The Morgan fingerprint density at radius 1 is 0.920 bits per heavy atom. The van der Waals surface area contributed by atoms with E-state index in [-0.39, 0.29) is 6.61 Å². The zero-order valence-electron chi connectivity index (χ0n) is 13.7. The van der Waals surface area contributed by atoms with Crippen molar-refractivity contribution in [1.29, 1.82) is 0 Å². The van der Waals surface area contributed by atoms with E-state index in [2.05, 4.69) is 15.6 Å². The maximum absolute atomic E-state index is 9.91. The average molecular weight is 340 g/mol. The number of nitrogens with one attached hydrogen (secondary N) is 1. The smallest absolute Gasteiger partial charge is 0.138 e. The van der Waals surface area contributed by atoms with E-state index in [4.69, 9.17) is 9.47 Å². The highest BCUT2D eigenvalue weighted by atomic mass is 16.5. The van der Waals surface area contributed by atoms with Gasteiger partial charge in [-0.2, -0.15) is 0 Å². The third kappa shape index (κ3) is 5.50. The van der Waals surface area contributed by atoms with Crippen LogP contribution in [-0.4, -0.2) is 39.2 Å². The highest BCUT2D eigenvalue weighted by molar-refractivity contribution is 5.31. The van der Waals surface area contributed by atoms with Crippen LogP contribution in [0.25, 0.3) is 0 Å². The zero-order chi connectivity index (χ0) is 17.3. The van der Waals surface area contributed by atoms with Crippen LogP contribution in [0.1, 0.15) is 5.56 Å². The van der Waals surface area contributed by atoms with Gasteiger partial charge in [0, 0.05) is 0 Å². The summed E-state index contributed by atoms with van der Waals surface area (Å²) in [6.45, 7) is 1.03. The minimum atomic E-state index is -0.656. The van der Waals surface area contributed by atoms with Gasteiger partial charge in [0.1, 0.15) is 43.5 Å². The molecule has 1 heterocycles. The summed E-state index contributed by atoms with van der Waals surface area (Å²) in [6, 6.07) is 17.3. The summed E-state index contributed by atoms with van der Waals surface area (Å²) in [5.74, 6) is 1.45. The molecule has 1 atom stereocenters. The molecule has 7 nitrogen and oxygen atoms in total. The Morgan fingerprint density at radius 3 is 2.24 bits per heavy atom. The van der Waals surface area contributed by atoms with Crippen LogP contribution in [0, 0.1) is 0 Å². The van der Waals surface area contributed by atoms with E-state index in [1.54, 1.807) is 4.68 Å². The first kappa shape index (κ1) is 16.8. The Hall–Kier alpha value is -3.06. The van der Waals surface area contributed by atoms with Crippen LogP contribution in [-0.2, 0) is 6.61 Å². The summed E-state index contributed by atoms with van der Waals surface area (Å²) in [7, 11) is 0. The Morgan fingerprint density at radius 2 is 1.56 bits per heavy atom. The van der Waals surface area contributed by atoms with Gasteiger partial charge in [0.05, 0.1) is 6.54 Å². The first-order valence-corrected chi connectivity index (χ1v) is 7.96. The molecule has 2 aromatic carbocycles. The number of benzene rings is 2. The van der Waals surface area contributed by atoms with Gasteiger partial charge in [0.15, 0.2) is 0 Å². The molecule has 0 radical (unpaired) electrons. The highest BCUT2D eigenvalue weighted by Crippen LogP contribution is 2.18. The molecule has 3 aromatic rings. The van der Waals surface area contributed by atoms with Crippen LogP contribution in [0.5, 0.6) is 11.5 Å². The lowest BCUT2D eigenvalue weighted by Gasteiger charge is -2.14. The lowest BCUT2D eigenvalue weighted by Crippen LogP contribution is -2.30. The summed E-state index contributed by atoms with van der Waals surface area (Å²) in [5.41, 5.74) is 4.06. The normalized spacial score (nSPS) is 11.7. The second kappa shape index (κ2) is 8.70. The molecule has 0 aliphatic heterocycles. The summed E-state index contributed by atoms with van der Waals surface area (Å²) in [4.78, 5) is 0. The summed E-state index contributed by atoms with van der Waals surface area (Å²) in [5, 5.41) is 17.2. The monoisotopic (exact) mass is 340 g/mol. The van der Waals surface area contributed by atoms with E-state index in [1.807, 2.05) is 54.6 Å². The number of aliphatic hydroxyl groups is 1. The standard InChI is InChI=1S/C18H20N4O3/c23-16(10-21-22-13-19-20-14-22)12-25-18-8-6-17(7-9-18)24-11-15-4-2-1-3-5-15/h1-9,13-14,16,21,23H,10-12H2. The molecule has 130 valence electrons. The van der Waals surface area contributed by atoms with E-state index in [9.17, 15) is 5.11 Å². The van der Waals surface area contributed by atoms with Gasteiger partial charge in [0.2, 0.25) is 0 Å². The van der Waals surface area contributed by atoms with Crippen molar-refractivity contribution in [3.8, 4) is 11.5 Å². The molecule has 0 aliphatic rings. The van der Waals surface area contributed by atoms with Crippen molar-refractivity contribution in [2.24, 2.45) is 0 Å². The van der Waals surface area contributed by atoms with Crippen LogP contribution >= 0.6 is 0 Å². The highest BCUT2D eigenvalue weighted by Gasteiger charge is 2.05. The van der Waals surface area contributed by atoms with Gasteiger partial charge >= 0.3 is 0 Å². The number of rotatable bonds is 9. The van der Waals surface area contributed by atoms with E-state index in [0.717, 1.165) is 11.3 Å². The summed E-state index contributed by atoms with van der Waals surface area (Å²) >= 11 is 0. The molecule has 0 amide bonds. The zero-order valence-corrected chi connectivity index (χ0v) is 13.7. The predicted molar refractivity (Wildman–Crippen MR) is 93.0 cm³/mol. The van der Waals surface area contributed by atoms with Crippen molar-refractivity contribution < 1.29 is 14.6 Å². The third-order valence-electron chi connectivity index (χ3n) is 3.44. The molecule has 1 aromatic heterocycles. The first-order valence-electron chi connectivity index (χ1n) is 7.96. The molecule has 3 rings (SSSR count). The number of nitrogens with zero attached hydrogens (tertiary/aromatic N) is 3. The van der Waals surface area contributed by atoms with Crippen molar-refractivity contribution >= 4 is 0 Å². The van der Waals surface area contributed by atoms with Gasteiger partial charge < -0.3 is 20.0 Å². The minimum Gasteiger partial charge on any atom is -0.491 e. The molecular weight excluding hydrogens is 320 g/mol. The SMILES string of the molecule is OC(CNn1cnnc1)COc1ccc(OCc2ccccc2)cc1. The van der Waals surface area contributed by atoms with Crippen molar-refractivity contribution in [2.75, 3.05) is 18.6 Å². The molecule has 0 bridgehead atoms. The number of hydrogen-bond acceptors (Lipinski definition) is 6. The number of hydrogen-bond donors (Lipinski definition) is 2. The summed E-state index contributed by atoms with van der Waals surface area (Å²) < 4.78 is 12.9. The van der Waals surface area contributed by atoms with Crippen LogP contribution in [0.15, 0.2) is 67.3 Å². The van der Waals surface area contributed by atoms with Crippen LogP contribution in [0.3, 0.4) is 0 Å². The molecule has 1 unspecified atom stereocenters. The molecule has 7 heteroatoms. The number of aliphatic hydroxyl groups excluding tert-OH is 1. The number of ether oxygens (including phenoxy) is 2. The maximum atomic E-state index is 9.91. The predicted octanol–water partition coefficient (Wildman–Crippen LogP) is 1.84. The fourth-order valence-electron chi connectivity index (χ4n) is 2.12. The van der Waals surface area contributed by atoms with Gasteiger partial charge in [-0.25, -0.2) is 4.68 Å². The van der Waals surface area contributed by atoms with Crippen molar-refractivity contribution in [3.05, 3.63) is 72.8 Å². The molecule has 0 saturated heterocycles. The molecule has 0 saturated carbocycles. The molecule has 0 aliphatic carbocycles. The molecule has 0 fully saturated rings. The largest absolute Gasteiger partial charge is 0.491 e. The average Bonchev–Trinajstić information content (AvgIpc) is 3.18. The molecular formula is C18H20N4O3. The second-order valence-electron chi connectivity index (χ2n) is 5.44. The fourth-order valence-corrected chi connectivity index (χ4v) is 2.12. The van der Waals surface area contributed by atoms with Crippen molar-refractivity contribution in [2.45, 2.75) is 12.7 Å². The van der Waals surface area contributed by atoms with Gasteiger partial charge in [-0.05, 0) is 29.8 Å². The number of aromatic nitrogens is 3. The van der Waals surface area contributed by atoms with Crippen molar-refractivity contribution in [1.82, 2.24) is 14.9 Å². The van der Waals surface area contributed by atoms with Crippen LogP contribution in [0.2, 0.25) is 0 Å². The fraction of sp³-hybridized carbons (Fsp3) is 0.222. The van der Waals surface area contributed by atoms with Gasteiger partial charge in [0.25, 0.3) is 0 Å². The maximum Gasteiger partial charge on any atom is 0.138 e. The van der Waals surface area contributed by atoms with Crippen LogP contribution < -0.4 is 14.9 Å². The molecule has 0 spiro atoms. The van der Waals surface area contributed by atoms with Crippen molar-refractivity contribution in [3.63, 3.8) is 0 Å². The lowest BCUT2D eigenvalue weighted by molar-refractivity contribution is 0.115. The first-order chi connectivity index (χ1) is 12.3. The minimum absolute atomic E-state index is 0.180. The van der Waals surface area contributed by atoms with E-state index in [0.29, 0.717) is 18.9 Å². The Kier molecular flexibility index (Phi) is 5.84. The molecule has 2 N–H and O–H groups in total. The lowest BCUT2D eigenvalue weighted by atomic mass is 10.2. The van der Waals surface area contributed by atoms with Gasteiger partial charge in [-0.15, -0.1) is 10.2 Å². The second-order valence-corrected chi connectivity index (χ2v) is 5.44. The Bertz CT molecular complexity index is 733. The molecule has 25 heavy (non-hydrogen) atoms. The van der Waals surface area contributed by atoms with E-state index >= 15 is 0 Å². The van der Waals surface area contributed by atoms with Gasteiger partial charge in [-0.3, -0.25) is 0 Å². The topological polar surface area (TPSA) is 81.4 Å². The Balaban J connectivity index is 1.39. The van der Waals surface area contributed by atoms with Gasteiger partial charge in [-0.1, -0.05) is 30.3 Å².